The smallest absolute Gasteiger partial charge is 0.269 e. The van der Waals surface area contributed by atoms with Gasteiger partial charge < -0.3 is 4.74 Å². The minimum Gasteiger partial charge on any atom is -0.491 e. The molecule has 0 saturated carbocycles. The van der Waals surface area contributed by atoms with Crippen LogP contribution in [0.2, 0.25) is 5.02 Å². The third kappa shape index (κ3) is 3.90. The highest BCUT2D eigenvalue weighted by molar-refractivity contribution is 7.21. The molecule has 0 radical (unpaired) electrons. The molecule has 0 atom stereocenters. The number of benzene rings is 2. The van der Waals surface area contributed by atoms with Gasteiger partial charge in [-0.25, -0.2) is 4.98 Å². The number of hydrogen-bond donors (Lipinski definition) is 1. The van der Waals surface area contributed by atoms with Gasteiger partial charge in [0.25, 0.3) is 5.91 Å². The maximum atomic E-state index is 12.7. The van der Waals surface area contributed by atoms with Gasteiger partial charge in [0.2, 0.25) is 0 Å². The van der Waals surface area contributed by atoms with Crippen LogP contribution in [0.15, 0.2) is 53.9 Å². The van der Waals surface area contributed by atoms with E-state index in [1.165, 1.54) is 22.7 Å². The van der Waals surface area contributed by atoms with Crippen LogP contribution in [-0.4, -0.2) is 17.0 Å². The number of thiazole rings is 1. The number of carbonyl (C=O) groups excluding carboxylic acids is 1. The van der Waals surface area contributed by atoms with E-state index in [-0.39, 0.29) is 12.0 Å². The van der Waals surface area contributed by atoms with Gasteiger partial charge in [-0.2, -0.15) is 0 Å². The number of hydrogen-bond acceptors (Lipinski definition) is 5. The van der Waals surface area contributed by atoms with Crippen molar-refractivity contribution >= 4 is 55.4 Å². The Morgan fingerprint density at radius 2 is 1.89 bits per heavy atom. The lowest BCUT2D eigenvalue weighted by molar-refractivity contribution is 0.103. The van der Waals surface area contributed by atoms with Crippen molar-refractivity contribution in [1.82, 2.24) is 4.98 Å². The van der Waals surface area contributed by atoms with Crippen molar-refractivity contribution < 1.29 is 9.53 Å². The van der Waals surface area contributed by atoms with Crippen molar-refractivity contribution in [3.63, 3.8) is 0 Å². The zero-order chi connectivity index (χ0) is 19.7. The molecule has 2 heterocycles. The Hall–Kier alpha value is -2.41. The first-order valence-corrected chi connectivity index (χ1v) is 10.8. The predicted molar refractivity (Wildman–Crippen MR) is 118 cm³/mol. The lowest BCUT2D eigenvalue weighted by atomic mass is 10.2. The summed E-state index contributed by atoms with van der Waals surface area (Å²) in [5.41, 5.74) is 1.77. The van der Waals surface area contributed by atoms with Crippen LogP contribution in [0, 0.1) is 0 Å². The topological polar surface area (TPSA) is 51.2 Å². The second-order valence-electron chi connectivity index (χ2n) is 6.42. The molecular formula is C21H17ClN2O2S2. The number of rotatable bonds is 5. The number of thiophene rings is 1. The molecule has 0 aliphatic rings. The predicted octanol–water partition coefficient (Wildman–Crippen LogP) is 6.72. The highest BCUT2D eigenvalue weighted by atomic mass is 35.5. The molecule has 2 aromatic carbocycles. The largest absolute Gasteiger partial charge is 0.491 e. The van der Waals surface area contributed by atoms with Crippen molar-refractivity contribution in [2.24, 2.45) is 0 Å². The van der Waals surface area contributed by atoms with Crippen LogP contribution in [0.5, 0.6) is 5.75 Å². The van der Waals surface area contributed by atoms with E-state index < -0.39 is 0 Å². The zero-order valence-corrected chi connectivity index (χ0v) is 17.6. The zero-order valence-electron chi connectivity index (χ0n) is 15.2. The summed E-state index contributed by atoms with van der Waals surface area (Å²) in [4.78, 5) is 17.7. The fourth-order valence-corrected chi connectivity index (χ4v) is 4.88. The number of carbonyl (C=O) groups is 1. The Kier molecular flexibility index (Phi) is 5.35. The summed E-state index contributed by atoms with van der Waals surface area (Å²) in [6, 6.07) is 15.5. The van der Waals surface area contributed by atoms with E-state index in [2.05, 4.69) is 10.3 Å². The highest BCUT2D eigenvalue weighted by Crippen LogP contribution is 2.36. The van der Waals surface area contributed by atoms with E-state index >= 15 is 0 Å². The molecule has 0 aliphatic heterocycles. The van der Waals surface area contributed by atoms with Crippen molar-refractivity contribution in [1.29, 1.82) is 0 Å². The van der Waals surface area contributed by atoms with Gasteiger partial charge in [0.05, 0.1) is 16.8 Å². The number of fused-ring (bicyclic) bond motifs is 1. The lowest BCUT2D eigenvalue weighted by Crippen LogP contribution is -2.10. The molecule has 28 heavy (non-hydrogen) atoms. The average Bonchev–Trinajstić information content (AvgIpc) is 3.27. The first kappa shape index (κ1) is 18.9. The van der Waals surface area contributed by atoms with E-state index in [1.807, 2.05) is 67.8 Å². The van der Waals surface area contributed by atoms with Crippen LogP contribution in [0.4, 0.5) is 5.13 Å². The molecule has 7 heteroatoms. The Morgan fingerprint density at radius 3 is 2.61 bits per heavy atom. The van der Waals surface area contributed by atoms with Crippen LogP contribution in [0.25, 0.3) is 21.3 Å². The maximum absolute atomic E-state index is 12.7. The molecule has 4 rings (SSSR count). The minimum absolute atomic E-state index is 0.132. The second kappa shape index (κ2) is 7.91. The molecule has 2 aromatic heterocycles. The number of ether oxygens (including phenoxy) is 1. The maximum Gasteiger partial charge on any atom is 0.269 e. The average molecular weight is 429 g/mol. The van der Waals surface area contributed by atoms with Gasteiger partial charge in [-0.05, 0) is 44.2 Å². The van der Waals surface area contributed by atoms with Crippen molar-refractivity contribution in [2.45, 2.75) is 20.0 Å². The van der Waals surface area contributed by atoms with Gasteiger partial charge >= 0.3 is 0 Å². The van der Waals surface area contributed by atoms with Crippen LogP contribution in [-0.2, 0) is 0 Å². The molecule has 0 spiro atoms. The van der Waals surface area contributed by atoms with Crippen LogP contribution in [0.3, 0.4) is 0 Å². The molecule has 0 aliphatic carbocycles. The van der Waals surface area contributed by atoms with Gasteiger partial charge in [-0.1, -0.05) is 29.8 Å². The molecule has 0 unspecified atom stereocenters. The Labute approximate surface area is 175 Å². The highest BCUT2D eigenvalue weighted by Gasteiger charge is 2.18. The third-order valence-corrected chi connectivity index (χ3v) is 6.42. The lowest BCUT2D eigenvalue weighted by Gasteiger charge is -2.09. The first-order chi connectivity index (χ1) is 13.5. The summed E-state index contributed by atoms with van der Waals surface area (Å²) >= 11 is 9.15. The number of amides is 1. The standard InChI is InChI=1S/C21H17ClN2O2S2/c1-12(2)26-14-9-7-13(8-10-14)16-11-27-21(23-16)24-20(25)19-18(22)15-5-3-4-6-17(15)28-19/h3-12H,1-2H3,(H,23,24,25). The van der Waals surface area contributed by atoms with E-state index in [0.29, 0.717) is 15.0 Å². The van der Waals surface area contributed by atoms with Crippen LogP contribution >= 0.6 is 34.3 Å². The van der Waals surface area contributed by atoms with Crippen LogP contribution < -0.4 is 10.1 Å². The van der Waals surface area contributed by atoms with Gasteiger partial charge in [-0.15, -0.1) is 22.7 Å². The molecule has 4 nitrogen and oxygen atoms in total. The Bertz CT molecular complexity index is 1130. The van der Waals surface area contributed by atoms with E-state index in [1.54, 1.807) is 0 Å². The van der Waals surface area contributed by atoms with Gasteiger partial charge in [0, 0.05) is 21.0 Å². The first-order valence-electron chi connectivity index (χ1n) is 8.72. The number of halogens is 1. The molecule has 142 valence electrons. The van der Waals surface area contributed by atoms with E-state index in [4.69, 9.17) is 16.3 Å². The number of anilines is 1. The van der Waals surface area contributed by atoms with Crippen molar-refractivity contribution in [3.8, 4) is 17.0 Å². The molecular weight excluding hydrogens is 412 g/mol. The number of aromatic nitrogens is 1. The molecule has 1 N–H and O–H groups in total. The van der Waals surface area contributed by atoms with Gasteiger partial charge in [-0.3, -0.25) is 10.1 Å². The summed E-state index contributed by atoms with van der Waals surface area (Å²) < 4.78 is 6.65. The van der Waals surface area contributed by atoms with Crippen molar-refractivity contribution in [3.05, 3.63) is 63.8 Å². The minimum atomic E-state index is -0.243. The van der Waals surface area contributed by atoms with Gasteiger partial charge in [0.15, 0.2) is 5.13 Å². The molecule has 0 fully saturated rings. The summed E-state index contributed by atoms with van der Waals surface area (Å²) in [6.07, 6.45) is 0.132. The molecule has 0 bridgehead atoms. The Morgan fingerprint density at radius 1 is 1.14 bits per heavy atom. The monoisotopic (exact) mass is 428 g/mol. The Balaban J connectivity index is 1.51. The normalized spacial score (nSPS) is 11.1. The fraction of sp³-hybridized carbons (Fsp3) is 0.143. The summed E-state index contributed by atoms with van der Waals surface area (Å²) in [7, 11) is 0. The second-order valence-corrected chi connectivity index (χ2v) is 8.71. The summed E-state index contributed by atoms with van der Waals surface area (Å²) in [5.74, 6) is 0.578. The third-order valence-electron chi connectivity index (χ3n) is 3.99. The molecule has 0 saturated heterocycles. The SMILES string of the molecule is CC(C)Oc1ccc(-c2csc(NC(=O)c3sc4ccccc4c3Cl)n2)cc1. The quantitative estimate of drug-likeness (QED) is 0.384. The van der Waals surface area contributed by atoms with Crippen LogP contribution in [0.1, 0.15) is 23.5 Å². The summed E-state index contributed by atoms with van der Waals surface area (Å²) in [5, 5.41) is 6.69. The molecule has 4 aromatic rings. The summed E-state index contributed by atoms with van der Waals surface area (Å²) in [6.45, 7) is 3.98. The van der Waals surface area contributed by atoms with E-state index in [0.717, 1.165) is 27.1 Å². The number of nitrogens with one attached hydrogen (secondary N) is 1. The molecule has 1 amide bonds. The fourth-order valence-electron chi connectivity index (χ4n) is 2.75. The van der Waals surface area contributed by atoms with Crippen molar-refractivity contribution in [2.75, 3.05) is 5.32 Å². The van der Waals surface area contributed by atoms with E-state index in [9.17, 15) is 4.79 Å². The van der Waals surface area contributed by atoms with Gasteiger partial charge in [0.1, 0.15) is 10.6 Å². The number of nitrogens with zero attached hydrogens (tertiary/aromatic N) is 1.